The number of fused-ring (bicyclic) bond motifs is 1. The van der Waals surface area contributed by atoms with Crippen LogP contribution in [-0.4, -0.2) is 19.5 Å². The second kappa shape index (κ2) is 10.3. The molecule has 0 aliphatic carbocycles. The van der Waals surface area contributed by atoms with E-state index in [4.69, 9.17) is 9.15 Å². The van der Waals surface area contributed by atoms with Crippen LogP contribution in [0.4, 0.5) is 10.5 Å². The minimum Gasteiger partial charge on any atom is -0.467 e. The summed E-state index contributed by atoms with van der Waals surface area (Å²) in [5.41, 5.74) is 3.46. The zero-order valence-corrected chi connectivity index (χ0v) is 22.6. The van der Waals surface area contributed by atoms with Gasteiger partial charge in [-0.25, -0.2) is 13.2 Å². The second-order valence-corrected chi connectivity index (χ2v) is 11.8. The number of furan rings is 1. The van der Waals surface area contributed by atoms with E-state index in [0.29, 0.717) is 27.9 Å². The molecule has 0 atom stereocenters. The molecule has 0 fully saturated rings. The molecular weight excluding hydrogens is 514 g/mol. The number of H-pyrrole nitrogens is 1. The largest absolute Gasteiger partial charge is 0.467 e. The number of aromatic nitrogens is 1. The molecule has 0 unspecified atom stereocenters. The second-order valence-electron chi connectivity index (χ2n) is 10.2. The van der Waals surface area contributed by atoms with Crippen molar-refractivity contribution in [2.45, 2.75) is 37.6 Å². The molecule has 0 radical (unpaired) electrons. The summed E-state index contributed by atoms with van der Waals surface area (Å²) >= 11 is 0. The highest BCUT2D eigenvalue weighted by Crippen LogP contribution is 2.39. The Morgan fingerprint density at radius 3 is 2.36 bits per heavy atom. The van der Waals surface area contributed by atoms with Crippen LogP contribution < -0.4 is 14.8 Å². The fourth-order valence-electron chi connectivity index (χ4n) is 4.25. The number of sulfonamides is 1. The monoisotopic (exact) mass is 543 g/mol. The zero-order chi connectivity index (χ0) is 27.6. The van der Waals surface area contributed by atoms with Gasteiger partial charge in [0.2, 0.25) is 5.88 Å². The number of anilines is 1. The van der Waals surface area contributed by atoms with E-state index in [1.54, 1.807) is 42.5 Å². The van der Waals surface area contributed by atoms with Crippen molar-refractivity contribution < 1.29 is 22.4 Å². The summed E-state index contributed by atoms with van der Waals surface area (Å²) in [5, 5.41) is 3.36. The van der Waals surface area contributed by atoms with E-state index in [9.17, 15) is 13.2 Å². The Hall–Kier alpha value is -4.50. The van der Waals surface area contributed by atoms with Crippen LogP contribution in [0.1, 0.15) is 32.1 Å². The molecule has 200 valence electrons. The first-order valence-corrected chi connectivity index (χ1v) is 13.9. The molecule has 2 aromatic heterocycles. The molecule has 1 amide bonds. The van der Waals surface area contributed by atoms with Crippen LogP contribution in [-0.2, 0) is 22.0 Å². The van der Waals surface area contributed by atoms with Crippen molar-refractivity contribution in [2.75, 3.05) is 4.72 Å². The fourth-order valence-corrected chi connectivity index (χ4v) is 5.30. The SMILES string of the molecule is CC(C)(C)c1ccc(S(=O)(=O)Nc2ccc3[nH]c(OC(=O)NCc4ccco4)c(-c4ccccc4)c3c2)cc1. The van der Waals surface area contributed by atoms with Crippen molar-refractivity contribution in [3.05, 3.63) is 103 Å². The molecule has 0 saturated carbocycles. The normalized spacial score (nSPS) is 11.9. The molecule has 0 bridgehead atoms. The van der Waals surface area contributed by atoms with Gasteiger partial charge in [-0.2, -0.15) is 0 Å². The van der Waals surface area contributed by atoms with Gasteiger partial charge >= 0.3 is 6.09 Å². The molecule has 5 aromatic rings. The van der Waals surface area contributed by atoms with Gasteiger partial charge < -0.3 is 19.5 Å². The molecule has 3 N–H and O–H groups in total. The van der Waals surface area contributed by atoms with Gasteiger partial charge in [0.05, 0.1) is 23.3 Å². The van der Waals surface area contributed by atoms with Gasteiger partial charge in [0.1, 0.15) is 5.76 Å². The van der Waals surface area contributed by atoms with Crippen LogP contribution in [0.2, 0.25) is 0 Å². The number of carbonyl (C=O) groups excluding carboxylic acids is 1. The van der Waals surface area contributed by atoms with Gasteiger partial charge in [-0.3, -0.25) is 4.72 Å². The van der Waals surface area contributed by atoms with E-state index in [0.717, 1.165) is 11.1 Å². The topological polar surface area (TPSA) is 113 Å². The lowest BCUT2D eigenvalue weighted by Crippen LogP contribution is -2.26. The summed E-state index contributed by atoms with van der Waals surface area (Å²) < 4.78 is 39.9. The number of carbonyl (C=O) groups is 1. The summed E-state index contributed by atoms with van der Waals surface area (Å²) in [5.74, 6) is 0.836. The Kier molecular flexibility index (Phi) is 6.93. The number of hydrogen-bond donors (Lipinski definition) is 3. The maximum atomic E-state index is 13.2. The van der Waals surface area contributed by atoms with Crippen molar-refractivity contribution in [2.24, 2.45) is 0 Å². The van der Waals surface area contributed by atoms with Gasteiger partial charge in [0.25, 0.3) is 10.0 Å². The predicted molar refractivity (Wildman–Crippen MR) is 151 cm³/mol. The molecule has 9 heteroatoms. The lowest BCUT2D eigenvalue weighted by molar-refractivity contribution is 0.197. The van der Waals surface area contributed by atoms with Crippen LogP contribution >= 0.6 is 0 Å². The van der Waals surface area contributed by atoms with E-state index >= 15 is 0 Å². The number of amides is 1. The van der Waals surface area contributed by atoms with Gasteiger partial charge in [0, 0.05) is 16.6 Å². The molecule has 0 aliphatic rings. The number of nitrogens with one attached hydrogen (secondary N) is 3. The van der Waals surface area contributed by atoms with E-state index in [1.807, 2.05) is 42.5 Å². The molecule has 39 heavy (non-hydrogen) atoms. The highest BCUT2D eigenvalue weighted by molar-refractivity contribution is 7.92. The van der Waals surface area contributed by atoms with Crippen molar-refractivity contribution in [1.29, 1.82) is 0 Å². The Labute approximate surface area is 227 Å². The van der Waals surface area contributed by atoms with E-state index in [-0.39, 0.29) is 22.7 Å². The summed E-state index contributed by atoms with van der Waals surface area (Å²) in [4.78, 5) is 15.9. The van der Waals surface area contributed by atoms with E-state index in [2.05, 4.69) is 35.8 Å². The lowest BCUT2D eigenvalue weighted by Gasteiger charge is -2.19. The Balaban J connectivity index is 1.45. The standard InChI is InChI=1S/C30H29N3O5S/c1-30(2,3)21-11-14-24(15-12-21)39(35,36)33-22-13-16-26-25(18-22)27(20-8-5-4-6-9-20)28(32-26)38-29(34)31-19-23-10-7-17-37-23/h4-18,32-33H,19H2,1-3H3,(H,31,34). The van der Waals surface area contributed by atoms with Crippen LogP contribution in [0.25, 0.3) is 22.0 Å². The van der Waals surface area contributed by atoms with Crippen molar-refractivity contribution in [1.82, 2.24) is 10.3 Å². The van der Waals surface area contributed by atoms with Crippen LogP contribution in [0.3, 0.4) is 0 Å². The summed E-state index contributed by atoms with van der Waals surface area (Å²) in [6.07, 6.45) is 0.870. The number of benzene rings is 3. The van der Waals surface area contributed by atoms with Crippen LogP contribution in [0.15, 0.2) is 101 Å². The number of hydrogen-bond acceptors (Lipinski definition) is 5. The van der Waals surface area contributed by atoms with E-state index < -0.39 is 16.1 Å². The third-order valence-corrected chi connectivity index (χ3v) is 7.69. The van der Waals surface area contributed by atoms with Gasteiger partial charge in [-0.15, -0.1) is 0 Å². The quantitative estimate of drug-likeness (QED) is 0.209. The molecule has 5 rings (SSSR count). The third-order valence-electron chi connectivity index (χ3n) is 6.29. The Bertz CT molecular complexity index is 1700. The van der Waals surface area contributed by atoms with Gasteiger partial charge in [-0.1, -0.05) is 63.2 Å². The highest BCUT2D eigenvalue weighted by Gasteiger charge is 2.21. The maximum Gasteiger partial charge on any atom is 0.414 e. The van der Waals surface area contributed by atoms with Gasteiger partial charge in [-0.05, 0) is 59.0 Å². The summed E-state index contributed by atoms with van der Waals surface area (Å²) in [6, 6.07) is 24.9. The summed E-state index contributed by atoms with van der Waals surface area (Å²) in [7, 11) is -3.83. The molecular formula is C30H29N3O5S. The highest BCUT2D eigenvalue weighted by atomic mass is 32.2. The minimum atomic E-state index is -3.83. The maximum absolute atomic E-state index is 13.2. The molecule has 0 saturated heterocycles. The van der Waals surface area contributed by atoms with Gasteiger partial charge in [0.15, 0.2) is 0 Å². The first-order chi connectivity index (χ1) is 18.6. The molecule has 0 aliphatic heterocycles. The van der Waals surface area contributed by atoms with Crippen LogP contribution in [0.5, 0.6) is 5.88 Å². The number of aromatic amines is 1. The zero-order valence-electron chi connectivity index (χ0n) is 21.8. The predicted octanol–water partition coefficient (Wildman–Crippen LogP) is 6.81. The van der Waals surface area contributed by atoms with E-state index in [1.165, 1.54) is 6.26 Å². The Morgan fingerprint density at radius 1 is 0.949 bits per heavy atom. The third kappa shape index (κ3) is 5.83. The minimum absolute atomic E-state index is 0.0850. The molecule has 8 nitrogen and oxygen atoms in total. The van der Waals surface area contributed by atoms with Crippen LogP contribution in [0, 0.1) is 0 Å². The molecule has 0 spiro atoms. The smallest absolute Gasteiger partial charge is 0.414 e. The first kappa shape index (κ1) is 26.1. The van der Waals surface area contributed by atoms with Crippen molar-refractivity contribution in [3.8, 4) is 17.0 Å². The number of rotatable bonds is 7. The van der Waals surface area contributed by atoms with Crippen molar-refractivity contribution in [3.63, 3.8) is 0 Å². The fraction of sp³-hybridized carbons (Fsp3) is 0.167. The molecule has 3 aromatic carbocycles. The first-order valence-electron chi connectivity index (χ1n) is 12.4. The Morgan fingerprint density at radius 2 is 1.69 bits per heavy atom. The molecule has 2 heterocycles. The summed E-state index contributed by atoms with van der Waals surface area (Å²) in [6.45, 7) is 6.40. The lowest BCUT2D eigenvalue weighted by atomic mass is 9.87. The van der Waals surface area contributed by atoms with Crippen molar-refractivity contribution >= 4 is 32.7 Å². The number of ether oxygens (including phenoxy) is 1. The average molecular weight is 544 g/mol. The average Bonchev–Trinajstić information content (AvgIpc) is 3.55.